The first-order valence-corrected chi connectivity index (χ1v) is 13.7. The second-order valence-corrected chi connectivity index (χ2v) is 11.7. The third-order valence-corrected chi connectivity index (χ3v) is 7.81. The quantitative estimate of drug-likeness (QED) is 0.485. The van der Waals surface area contributed by atoms with Gasteiger partial charge in [-0.3, -0.25) is 0 Å². The summed E-state index contributed by atoms with van der Waals surface area (Å²) >= 11 is 6.50. The number of nitrogens with zero attached hydrogens (tertiary/aromatic N) is 3. The van der Waals surface area contributed by atoms with Crippen LogP contribution < -0.4 is 5.32 Å². The molecule has 0 bridgehead atoms. The number of carbonyl (C=O) groups is 1. The summed E-state index contributed by atoms with van der Waals surface area (Å²) in [6.45, 7) is 8.12. The van der Waals surface area contributed by atoms with Crippen LogP contribution in [0.3, 0.4) is 0 Å². The molecule has 1 aromatic carbocycles. The van der Waals surface area contributed by atoms with E-state index in [1.807, 2.05) is 50.5 Å². The summed E-state index contributed by atoms with van der Waals surface area (Å²) in [7, 11) is 0. The van der Waals surface area contributed by atoms with Crippen molar-refractivity contribution in [2.75, 3.05) is 13.1 Å². The molecule has 3 heterocycles. The average molecular weight is 521 g/mol. The number of nitrogens with one attached hydrogen (secondary N) is 1. The Bertz CT molecular complexity index is 1200. The zero-order chi connectivity index (χ0) is 26.0. The third kappa shape index (κ3) is 5.96. The summed E-state index contributed by atoms with van der Waals surface area (Å²) in [5.74, 6) is 0.719. The Morgan fingerprint density at radius 2 is 2.05 bits per heavy atom. The maximum Gasteiger partial charge on any atom is 0.410 e. The van der Waals surface area contributed by atoms with Crippen molar-refractivity contribution in [1.29, 1.82) is 0 Å². The van der Waals surface area contributed by atoms with Crippen molar-refractivity contribution in [1.82, 2.24) is 19.8 Å². The third-order valence-electron chi connectivity index (χ3n) is 7.57. The molecule has 37 heavy (non-hydrogen) atoms. The highest BCUT2D eigenvalue weighted by Gasteiger charge is 2.39. The molecule has 2 aliphatic heterocycles. The molecule has 196 valence electrons. The van der Waals surface area contributed by atoms with Crippen molar-refractivity contribution in [2.24, 2.45) is 5.92 Å². The zero-order valence-electron chi connectivity index (χ0n) is 22.0. The van der Waals surface area contributed by atoms with E-state index in [0.29, 0.717) is 19.0 Å². The second kappa shape index (κ2) is 10.8. The Hall–Kier alpha value is -2.99. The molecule has 2 unspecified atom stereocenters. The summed E-state index contributed by atoms with van der Waals surface area (Å²) in [5, 5.41) is 4.48. The number of amides is 1. The fourth-order valence-corrected chi connectivity index (χ4v) is 6.09. The highest BCUT2D eigenvalue weighted by molar-refractivity contribution is 6.30. The first kappa shape index (κ1) is 25.7. The number of hydrogen-bond acceptors (Lipinski definition) is 4. The summed E-state index contributed by atoms with van der Waals surface area (Å²) in [5.41, 5.74) is 4.79. The van der Waals surface area contributed by atoms with Crippen molar-refractivity contribution in [2.45, 2.75) is 70.6 Å². The van der Waals surface area contributed by atoms with Gasteiger partial charge in [-0.2, -0.15) is 0 Å². The molecular weight excluding hydrogens is 484 g/mol. The van der Waals surface area contributed by atoms with Crippen LogP contribution in [0, 0.1) is 5.92 Å². The maximum absolute atomic E-state index is 12.7. The molecule has 1 aromatic heterocycles. The van der Waals surface area contributed by atoms with E-state index in [1.54, 1.807) is 0 Å². The lowest BCUT2D eigenvalue weighted by atomic mass is 9.72. The molecule has 1 aliphatic carbocycles. The van der Waals surface area contributed by atoms with Crippen molar-refractivity contribution in [3.05, 3.63) is 82.6 Å². The van der Waals surface area contributed by atoms with E-state index in [1.165, 1.54) is 22.3 Å². The van der Waals surface area contributed by atoms with Crippen LogP contribution in [0.2, 0.25) is 5.02 Å². The van der Waals surface area contributed by atoms with Gasteiger partial charge in [0.1, 0.15) is 5.60 Å². The molecule has 3 aliphatic rings. The number of halogens is 1. The zero-order valence-corrected chi connectivity index (χ0v) is 22.7. The minimum atomic E-state index is -0.481. The van der Waals surface area contributed by atoms with Crippen LogP contribution in [0.1, 0.15) is 63.5 Å². The standard InChI is InChI=1S/C30H37ClN4O2/c1-30(2,3)37-29(36)35-15-10-21(11-16-35)27-25-9-8-24(31)19-23(25)18-22(26-7-4-12-33-28(26)27)6-5-14-34-17-13-32-20-34/h4,7-9,12-13,17-21,27-28,33H,5-6,10-11,14-16H2,1-3H3. The lowest BCUT2D eigenvalue weighted by Crippen LogP contribution is -2.45. The van der Waals surface area contributed by atoms with E-state index < -0.39 is 5.60 Å². The Morgan fingerprint density at radius 3 is 2.78 bits per heavy atom. The molecule has 1 fully saturated rings. The Kier molecular flexibility index (Phi) is 7.47. The second-order valence-electron chi connectivity index (χ2n) is 11.3. The molecule has 2 aromatic rings. The van der Waals surface area contributed by atoms with Gasteiger partial charge in [0.15, 0.2) is 0 Å². The number of benzene rings is 1. The van der Waals surface area contributed by atoms with E-state index in [-0.39, 0.29) is 18.1 Å². The number of likely N-dealkylation sites (tertiary alicyclic amines) is 1. The minimum absolute atomic E-state index is 0.185. The number of hydrogen-bond donors (Lipinski definition) is 1. The van der Waals surface area contributed by atoms with Crippen LogP contribution >= 0.6 is 11.6 Å². The van der Waals surface area contributed by atoms with Crippen LogP contribution in [0.5, 0.6) is 0 Å². The van der Waals surface area contributed by atoms with Gasteiger partial charge in [0.05, 0.1) is 12.4 Å². The van der Waals surface area contributed by atoms with Gasteiger partial charge in [-0.15, -0.1) is 0 Å². The molecule has 5 rings (SSSR count). The van der Waals surface area contributed by atoms with Gasteiger partial charge in [-0.1, -0.05) is 29.8 Å². The van der Waals surface area contributed by atoms with Crippen LogP contribution in [-0.4, -0.2) is 45.3 Å². The average Bonchev–Trinajstić information content (AvgIpc) is 3.33. The number of imidazole rings is 1. The first-order valence-electron chi connectivity index (χ1n) is 13.4. The Labute approximate surface area is 225 Å². The summed E-state index contributed by atoms with van der Waals surface area (Å²) < 4.78 is 7.77. The highest BCUT2D eigenvalue weighted by Crippen LogP contribution is 2.45. The van der Waals surface area contributed by atoms with Gasteiger partial charge in [0.25, 0.3) is 0 Å². The molecular formula is C30H37ClN4O2. The van der Waals surface area contributed by atoms with Gasteiger partial charge in [-0.25, -0.2) is 9.78 Å². The molecule has 2 atom stereocenters. The number of fused-ring (bicyclic) bond motifs is 2. The van der Waals surface area contributed by atoms with Gasteiger partial charge in [0, 0.05) is 43.0 Å². The van der Waals surface area contributed by atoms with Crippen molar-refractivity contribution in [3.63, 3.8) is 0 Å². The van der Waals surface area contributed by atoms with Crippen LogP contribution in [0.15, 0.2) is 66.4 Å². The number of aromatic nitrogens is 2. The summed E-state index contributed by atoms with van der Waals surface area (Å²) in [6, 6.07) is 6.53. The maximum atomic E-state index is 12.7. The van der Waals surface area contributed by atoms with E-state index in [4.69, 9.17) is 16.3 Å². The molecule has 6 nitrogen and oxygen atoms in total. The van der Waals surface area contributed by atoms with Crippen molar-refractivity contribution < 1.29 is 9.53 Å². The molecule has 7 heteroatoms. The molecule has 0 radical (unpaired) electrons. The SMILES string of the molecule is CC(C)(C)OC(=O)N1CCC(C2c3ccc(Cl)cc3C=C(CCCn3ccnc3)C3=CC=CNC32)CC1. The largest absolute Gasteiger partial charge is 0.444 e. The molecule has 1 N–H and O–H groups in total. The number of aryl methyl sites for hydroxylation is 1. The van der Waals surface area contributed by atoms with Gasteiger partial charge in [-0.05, 0) is 99.1 Å². The van der Waals surface area contributed by atoms with E-state index in [0.717, 1.165) is 37.3 Å². The lowest BCUT2D eigenvalue weighted by Gasteiger charge is -2.41. The number of allylic oxidation sites excluding steroid dienone is 2. The van der Waals surface area contributed by atoms with E-state index in [9.17, 15) is 4.79 Å². The lowest BCUT2D eigenvalue weighted by molar-refractivity contribution is 0.0171. The van der Waals surface area contributed by atoms with Crippen molar-refractivity contribution in [3.8, 4) is 0 Å². The monoisotopic (exact) mass is 520 g/mol. The Balaban J connectivity index is 1.39. The van der Waals surface area contributed by atoms with Crippen molar-refractivity contribution >= 4 is 23.8 Å². The van der Waals surface area contributed by atoms with E-state index in [2.05, 4.69) is 51.4 Å². The Morgan fingerprint density at radius 1 is 1.24 bits per heavy atom. The van der Waals surface area contributed by atoms with Gasteiger partial charge < -0.3 is 19.5 Å². The fraction of sp³-hybridized carbons (Fsp3) is 0.467. The van der Waals surface area contributed by atoms with E-state index >= 15 is 0 Å². The predicted octanol–water partition coefficient (Wildman–Crippen LogP) is 6.56. The molecule has 1 amide bonds. The first-order chi connectivity index (χ1) is 17.8. The number of carbonyl (C=O) groups excluding carboxylic acids is 1. The summed E-state index contributed by atoms with van der Waals surface area (Å²) in [4.78, 5) is 18.7. The van der Waals surface area contributed by atoms with Crippen LogP contribution in [-0.2, 0) is 11.3 Å². The fourth-order valence-electron chi connectivity index (χ4n) is 5.91. The predicted molar refractivity (Wildman–Crippen MR) is 148 cm³/mol. The number of piperidine rings is 1. The number of rotatable bonds is 5. The van der Waals surface area contributed by atoms with Crippen LogP contribution in [0.4, 0.5) is 4.79 Å². The summed E-state index contributed by atoms with van der Waals surface area (Å²) in [6.07, 6.45) is 18.2. The smallest absolute Gasteiger partial charge is 0.410 e. The van der Waals surface area contributed by atoms with Gasteiger partial charge >= 0.3 is 6.09 Å². The molecule has 0 saturated carbocycles. The van der Waals surface area contributed by atoms with Crippen LogP contribution in [0.25, 0.3) is 6.08 Å². The highest BCUT2D eigenvalue weighted by atomic mass is 35.5. The number of dihydropyridines is 1. The minimum Gasteiger partial charge on any atom is -0.444 e. The molecule has 1 saturated heterocycles. The normalized spacial score (nSPS) is 21.8. The van der Waals surface area contributed by atoms with Gasteiger partial charge in [0.2, 0.25) is 0 Å². The topological polar surface area (TPSA) is 59.4 Å². The molecule has 0 spiro atoms. The number of ether oxygens (including phenoxy) is 1.